The Labute approximate surface area is 605 Å². The van der Waals surface area contributed by atoms with Crippen molar-refractivity contribution in [3.63, 3.8) is 0 Å². The van der Waals surface area contributed by atoms with E-state index in [4.69, 9.17) is 42.2 Å². The molecule has 2 aliphatic heterocycles. The van der Waals surface area contributed by atoms with Crippen LogP contribution in [0.4, 0.5) is 0 Å². The monoisotopic (exact) mass is 1470 g/mol. The highest BCUT2D eigenvalue weighted by molar-refractivity contribution is 7.47. The van der Waals surface area contributed by atoms with Crippen LogP contribution >= 0.6 is 7.82 Å². The van der Waals surface area contributed by atoms with Crippen molar-refractivity contribution in [1.29, 1.82) is 0 Å². The van der Waals surface area contributed by atoms with Crippen molar-refractivity contribution >= 4 is 25.7 Å². The highest BCUT2D eigenvalue weighted by Crippen LogP contribution is 2.49. The summed E-state index contributed by atoms with van der Waals surface area (Å²) < 4.78 is 65.1. The molecule has 1 saturated carbocycles. The number of rotatable bonds is 62. The van der Waals surface area contributed by atoms with Gasteiger partial charge in [0.15, 0.2) is 18.7 Å². The minimum absolute atomic E-state index is 0.0248. The van der Waals surface area contributed by atoms with Crippen molar-refractivity contribution in [1.82, 2.24) is 0 Å². The number of unbranched alkanes of at least 4 members (excludes halogenated alkanes) is 37. The number of ether oxygens (including phenoxy) is 7. The van der Waals surface area contributed by atoms with Crippen LogP contribution in [0.1, 0.15) is 310 Å². The zero-order chi connectivity index (χ0) is 73.9. The number of phosphoric acid groups is 1. The van der Waals surface area contributed by atoms with Crippen LogP contribution in [0.25, 0.3) is 0 Å². The smallest absolute Gasteiger partial charge is 0.463 e. The molecule has 0 amide bonds. The molecule has 3 rings (SSSR count). The summed E-state index contributed by atoms with van der Waals surface area (Å²) in [5.41, 5.74) is 0. The molecule has 0 aromatic heterocycles. The molecule has 25 heteroatoms. The first-order valence-electron chi connectivity index (χ1n) is 39.6. The fourth-order valence-electron chi connectivity index (χ4n) is 13.0. The Morgan fingerprint density at radius 3 is 1.09 bits per heavy atom. The van der Waals surface area contributed by atoms with Gasteiger partial charge in [-0.2, -0.15) is 0 Å². The first kappa shape index (κ1) is 92.6. The third-order valence-electron chi connectivity index (χ3n) is 19.5. The summed E-state index contributed by atoms with van der Waals surface area (Å²) >= 11 is 0. The van der Waals surface area contributed by atoms with E-state index in [9.17, 15) is 74.9 Å². The Bertz CT molecular complexity index is 2180. The fraction of sp³-hybridized carbons (Fsp3) is 0.908. The molecular weight excluding hydrogens is 1330 g/mol. The summed E-state index contributed by atoms with van der Waals surface area (Å²) in [5, 5.41) is 110. The molecule has 101 heavy (non-hydrogen) atoms. The van der Waals surface area contributed by atoms with Gasteiger partial charge >= 0.3 is 25.7 Å². The molecule has 3 fully saturated rings. The molecule has 18 atom stereocenters. The van der Waals surface area contributed by atoms with E-state index in [1.165, 1.54) is 135 Å². The zero-order valence-electron chi connectivity index (χ0n) is 61.9. The van der Waals surface area contributed by atoms with Gasteiger partial charge in [0, 0.05) is 19.3 Å². The number of allylic oxidation sites excluding steroid dienone is 4. The summed E-state index contributed by atoms with van der Waals surface area (Å²) in [5.74, 6) is -2.01. The normalized spacial score (nSPS) is 27.3. The van der Waals surface area contributed by atoms with E-state index in [0.29, 0.717) is 19.3 Å². The number of carbonyl (C=O) groups is 3. The van der Waals surface area contributed by atoms with Crippen molar-refractivity contribution in [2.75, 3.05) is 26.4 Å². The van der Waals surface area contributed by atoms with Gasteiger partial charge in [0.25, 0.3) is 0 Å². The Morgan fingerprint density at radius 2 is 0.693 bits per heavy atom. The van der Waals surface area contributed by atoms with Crippen LogP contribution in [0.15, 0.2) is 24.3 Å². The van der Waals surface area contributed by atoms with E-state index in [2.05, 4.69) is 45.1 Å². The minimum Gasteiger partial charge on any atom is -0.463 e. The lowest BCUT2D eigenvalue weighted by Gasteiger charge is -2.49. The molecule has 0 radical (unpaired) electrons. The highest BCUT2D eigenvalue weighted by atomic mass is 31.2. The zero-order valence-corrected chi connectivity index (χ0v) is 62.8. The maximum Gasteiger partial charge on any atom is 0.472 e. The van der Waals surface area contributed by atoms with Gasteiger partial charge in [0.05, 0.1) is 13.2 Å². The summed E-state index contributed by atoms with van der Waals surface area (Å²) in [6.45, 7) is 3.44. The molecule has 0 spiro atoms. The van der Waals surface area contributed by atoms with Gasteiger partial charge in [-0.3, -0.25) is 23.4 Å². The molecule has 0 bridgehead atoms. The van der Waals surface area contributed by atoms with Crippen LogP contribution in [-0.2, 0) is 61.2 Å². The summed E-state index contributed by atoms with van der Waals surface area (Å²) in [6, 6.07) is 0. The molecule has 1 aliphatic carbocycles. The fourth-order valence-corrected chi connectivity index (χ4v) is 13.9. The predicted molar refractivity (Wildman–Crippen MR) is 384 cm³/mol. The van der Waals surface area contributed by atoms with Gasteiger partial charge in [-0.1, -0.05) is 244 Å². The number of hydrogen-bond donors (Lipinski definition) is 11. The molecule has 0 aromatic rings. The van der Waals surface area contributed by atoms with Crippen molar-refractivity contribution in [2.45, 2.75) is 414 Å². The first-order valence-corrected chi connectivity index (χ1v) is 41.1. The van der Waals surface area contributed by atoms with Crippen LogP contribution < -0.4 is 0 Å². The Balaban J connectivity index is 1.71. The lowest BCUT2D eigenvalue weighted by molar-refractivity contribution is -0.360. The molecule has 24 nitrogen and oxygen atoms in total. The van der Waals surface area contributed by atoms with Gasteiger partial charge < -0.3 is 89.1 Å². The van der Waals surface area contributed by atoms with E-state index < -0.39 is 156 Å². The topological polar surface area (TPSA) is 374 Å². The van der Waals surface area contributed by atoms with Gasteiger partial charge in [0.2, 0.25) is 0 Å². The predicted octanol–water partition coefficient (Wildman–Crippen LogP) is 11.7. The third-order valence-corrected chi connectivity index (χ3v) is 20.4. The number of aliphatic hydroxyl groups is 10. The number of esters is 3. The van der Waals surface area contributed by atoms with Gasteiger partial charge in [-0.15, -0.1) is 0 Å². The summed E-state index contributed by atoms with van der Waals surface area (Å²) in [7, 11) is -5.70. The van der Waals surface area contributed by atoms with Crippen molar-refractivity contribution in [3.8, 4) is 0 Å². The lowest BCUT2D eigenvalue weighted by atomic mass is 9.84. The SMILES string of the molecule is CCCCCC/C=C\CCCCCCCCCC(=O)OC(COC(=O)CCCCC/C=C\CCCCCCCCC)COP(=O)(O)OC1C(OC2OC(CO)C(O)C(O)C2O)C(O)C(O)C(O)C1OC1OC(COC(=O)CCCCCCCCCCCCCCCCCCC)C(O)C(O)C1O. The quantitative estimate of drug-likeness (QED) is 0.00886. The molecule has 11 N–H and O–H groups in total. The van der Waals surface area contributed by atoms with E-state index in [1.54, 1.807) is 0 Å². The molecule has 2 saturated heterocycles. The van der Waals surface area contributed by atoms with Gasteiger partial charge in [-0.05, 0) is 70.6 Å². The third kappa shape index (κ3) is 40.3. The number of aliphatic hydroxyl groups excluding tert-OH is 10. The molecule has 0 aromatic carbocycles. The highest BCUT2D eigenvalue weighted by Gasteiger charge is 2.58. The Kier molecular flexibility index (Phi) is 52.8. The molecule has 3 aliphatic rings. The van der Waals surface area contributed by atoms with Gasteiger partial charge in [0.1, 0.15) is 98.7 Å². The minimum atomic E-state index is -5.70. The second kappa shape index (κ2) is 57.6. The number of phosphoric ester groups is 1. The van der Waals surface area contributed by atoms with Crippen molar-refractivity contribution in [2.24, 2.45) is 0 Å². The average molecular weight is 1470 g/mol. The largest absolute Gasteiger partial charge is 0.472 e. The van der Waals surface area contributed by atoms with Crippen LogP contribution in [0.5, 0.6) is 0 Å². The second-order valence-electron chi connectivity index (χ2n) is 28.4. The van der Waals surface area contributed by atoms with E-state index >= 15 is 0 Å². The maximum atomic E-state index is 14.4. The van der Waals surface area contributed by atoms with Crippen LogP contribution in [0, 0.1) is 0 Å². The maximum absolute atomic E-state index is 14.4. The number of hydrogen-bond acceptors (Lipinski definition) is 23. The van der Waals surface area contributed by atoms with E-state index in [-0.39, 0.29) is 19.3 Å². The standard InChI is InChI=1S/C76H139O24P/c1-4-7-10-13-16-19-22-25-28-29-31-33-36-39-42-45-48-51-61(79)93-56-59-64(82)66(84)71(89)76(97-59)99-73-69(87)67(85)68(86)72(98-75-70(88)65(83)63(81)58(53-77)96-75)74(73)100-101(90,91)94-55-57(54-92-60(78)50-47-44-41-38-35-32-27-24-21-18-15-12-9-6-3)95-62(80)52-49-46-43-40-37-34-30-26-23-20-17-14-11-8-5-2/h20,23,32,35,57-59,63-77,81-89H,4-19,21-22,24-31,33-34,36-56H2,1-3H3,(H,90,91)/b23-20-,35-32-. The molecule has 592 valence electrons. The Hall–Kier alpha value is -2.56. The van der Waals surface area contributed by atoms with Crippen molar-refractivity contribution < 1.29 is 117 Å². The molecule has 2 heterocycles. The second-order valence-corrected chi connectivity index (χ2v) is 29.8. The summed E-state index contributed by atoms with van der Waals surface area (Å²) in [6.07, 6.45) is 19.4. The van der Waals surface area contributed by atoms with Crippen LogP contribution in [0.2, 0.25) is 0 Å². The lowest BCUT2D eigenvalue weighted by Crippen LogP contribution is -2.69. The van der Waals surface area contributed by atoms with Crippen molar-refractivity contribution in [3.05, 3.63) is 24.3 Å². The van der Waals surface area contributed by atoms with Crippen LogP contribution in [0.3, 0.4) is 0 Å². The average Bonchev–Trinajstić information content (AvgIpc) is 0.762. The molecule has 18 unspecified atom stereocenters. The first-order chi connectivity index (χ1) is 48.8. The molecular formula is C76H139O24P. The van der Waals surface area contributed by atoms with E-state index in [0.717, 1.165) is 116 Å². The number of carbonyl (C=O) groups excluding carboxylic acids is 3. The van der Waals surface area contributed by atoms with Gasteiger partial charge in [-0.25, -0.2) is 4.57 Å². The van der Waals surface area contributed by atoms with E-state index in [1.807, 2.05) is 0 Å². The Morgan fingerprint density at radius 1 is 0.376 bits per heavy atom. The van der Waals surface area contributed by atoms with Crippen LogP contribution in [-0.4, -0.2) is 204 Å². The summed E-state index contributed by atoms with van der Waals surface area (Å²) in [4.78, 5) is 51.1.